The molecule has 18 heavy (non-hydrogen) atoms. The molecule has 0 bridgehead atoms. The number of hydrogen-bond acceptors (Lipinski definition) is 2. The fourth-order valence-corrected chi connectivity index (χ4v) is 2.66. The molecule has 1 aliphatic carbocycles. The Kier molecular flexibility index (Phi) is 4.24. The number of aromatic hydroxyl groups is 1. The van der Waals surface area contributed by atoms with Crippen molar-refractivity contribution in [2.24, 2.45) is 11.8 Å². The third-order valence-electron chi connectivity index (χ3n) is 3.85. The van der Waals surface area contributed by atoms with Gasteiger partial charge in [0.25, 0.3) is 0 Å². The van der Waals surface area contributed by atoms with Crippen molar-refractivity contribution in [3.8, 4) is 5.75 Å². The van der Waals surface area contributed by atoms with E-state index in [1.54, 1.807) is 12.1 Å². The number of rotatable bonds is 4. The summed E-state index contributed by atoms with van der Waals surface area (Å²) < 4.78 is 0. The Labute approximate surface area is 108 Å². The highest BCUT2D eigenvalue weighted by Gasteiger charge is 2.29. The molecule has 0 heterocycles. The van der Waals surface area contributed by atoms with Crippen LogP contribution in [-0.4, -0.2) is 17.6 Å². The minimum atomic E-state index is 0.207. The van der Waals surface area contributed by atoms with Crippen molar-refractivity contribution in [3.05, 3.63) is 29.8 Å². The predicted octanol–water partition coefficient (Wildman–Crippen LogP) is 2.49. The van der Waals surface area contributed by atoms with Gasteiger partial charge in [-0.15, -0.1) is 0 Å². The molecule has 2 atom stereocenters. The molecule has 0 aromatic heterocycles. The van der Waals surface area contributed by atoms with Crippen molar-refractivity contribution in [2.45, 2.75) is 32.6 Å². The van der Waals surface area contributed by atoms with Crippen molar-refractivity contribution in [2.75, 3.05) is 6.54 Å². The molecule has 3 heteroatoms. The first-order valence-corrected chi connectivity index (χ1v) is 6.72. The molecule has 2 rings (SSSR count). The first-order valence-electron chi connectivity index (χ1n) is 6.72. The molecule has 98 valence electrons. The molecule has 0 aliphatic heterocycles. The van der Waals surface area contributed by atoms with Crippen molar-refractivity contribution >= 4 is 5.91 Å². The second kappa shape index (κ2) is 5.89. The average Bonchev–Trinajstić information content (AvgIpc) is 2.78. The van der Waals surface area contributed by atoms with Crippen LogP contribution in [0.3, 0.4) is 0 Å². The van der Waals surface area contributed by atoms with Crippen molar-refractivity contribution in [1.82, 2.24) is 5.32 Å². The van der Waals surface area contributed by atoms with Gasteiger partial charge >= 0.3 is 0 Å². The monoisotopic (exact) mass is 247 g/mol. The molecular formula is C15H21NO2. The highest BCUT2D eigenvalue weighted by atomic mass is 16.3. The molecule has 1 aliphatic rings. The van der Waals surface area contributed by atoms with E-state index in [-0.39, 0.29) is 17.6 Å². The molecule has 2 unspecified atom stereocenters. The Morgan fingerprint density at radius 3 is 2.67 bits per heavy atom. The van der Waals surface area contributed by atoms with Gasteiger partial charge < -0.3 is 10.4 Å². The largest absolute Gasteiger partial charge is 0.508 e. The molecule has 1 fully saturated rings. The second-order valence-electron chi connectivity index (χ2n) is 5.22. The lowest BCUT2D eigenvalue weighted by atomic mass is 9.97. The Morgan fingerprint density at radius 2 is 2.06 bits per heavy atom. The maximum absolute atomic E-state index is 11.9. The number of carbonyl (C=O) groups is 1. The lowest BCUT2D eigenvalue weighted by molar-refractivity contribution is -0.125. The van der Waals surface area contributed by atoms with E-state index >= 15 is 0 Å². The van der Waals surface area contributed by atoms with E-state index in [0.717, 1.165) is 18.4 Å². The number of carbonyl (C=O) groups excluding carboxylic acids is 1. The van der Waals surface area contributed by atoms with Crippen LogP contribution >= 0.6 is 0 Å². The van der Waals surface area contributed by atoms with Gasteiger partial charge in [-0.2, -0.15) is 0 Å². The Hall–Kier alpha value is -1.51. The quantitative estimate of drug-likeness (QED) is 0.858. The molecule has 2 N–H and O–H groups in total. The summed E-state index contributed by atoms with van der Waals surface area (Å²) in [6.07, 6.45) is 4.20. The van der Waals surface area contributed by atoms with Crippen molar-refractivity contribution < 1.29 is 9.90 Å². The standard InChI is InChI=1S/C15H21NO2/c1-11-3-2-4-14(11)15(18)16-10-9-12-5-7-13(17)8-6-12/h5-8,11,14,17H,2-4,9-10H2,1H3,(H,16,18). The van der Waals surface area contributed by atoms with Gasteiger partial charge in [0.05, 0.1) is 0 Å². The maximum Gasteiger partial charge on any atom is 0.223 e. The summed E-state index contributed by atoms with van der Waals surface area (Å²) in [5.41, 5.74) is 1.13. The molecule has 1 amide bonds. The number of hydrogen-bond donors (Lipinski definition) is 2. The van der Waals surface area contributed by atoms with E-state index in [2.05, 4.69) is 12.2 Å². The Balaban J connectivity index is 1.75. The van der Waals surface area contributed by atoms with E-state index in [1.807, 2.05) is 12.1 Å². The lowest BCUT2D eigenvalue weighted by Gasteiger charge is -2.15. The highest BCUT2D eigenvalue weighted by Crippen LogP contribution is 2.31. The first-order chi connectivity index (χ1) is 8.66. The van der Waals surface area contributed by atoms with E-state index in [1.165, 1.54) is 12.8 Å². The van der Waals surface area contributed by atoms with E-state index in [9.17, 15) is 9.90 Å². The van der Waals surface area contributed by atoms with Crippen LogP contribution in [-0.2, 0) is 11.2 Å². The highest BCUT2D eigenvalue weighted by molar-refractivity contribution is 5.79. The van der Waals surface area contributed by atoms with Crippen LogP contribution in [0.5, 0.6) is 5.75 Å². The number of benzene rings is 1. The number of phenolic OH excluding ortho intramolecular Hbond substituents is 1. The zero-order chi connectivity index (χ0) is 13.0. The fourth-order valence-electron chi connectivity index (χ4n) is 2.66. The zero-order valence-electron chi connectivity index (χ0n) is 10.9. The van der Waals surface area contributed by atoms with E-state index < -0.39 is 0 Å². The smallest absolute Gasteiger partial charge is 0.223 e. The van der Waals surface area contributed by atoms with Crippen molar-refractivity contribution in [1.29, 1.82) is 0 Å². The van der Waals surface area contributed by atoms with Gasteiger partial charge in [0.1, 0.15) is 5.75 Å². The van der Waals surface area contributed by atoms with Crippen LogP contribution in [0.2, 0.25) is 0 Å². The normalized spacial score (nSPS) is 22.9. The molecule has 3 nitrogen and oxygen atoms in total. The molecule has 0 spiro atoms. The number of nitrogens with one attached hydrogen (secondary N) is 1. The minimum Gasteiger partial charge on any atom is -0.508 e. The number of amides is 1. The summed E-state index contributed by atoms with van der Waals surface area (Å²) in [4.78, 5) is 11.9. The molecule has 0 saturated heterocycles. The SMILES string of the molecule is CC1CCCC1C(=O)NCCc1ccc(O)cc1. The summed E-state index contributed by atoms with van der Waals surface area (Å²) in [6, 6.07) is 7.13. The van der Waals surface area contributed by atoms with Gasteiger partial charge in [-0.3, -0.25) is 4.79 Å². The summed E-state index contributed by atoms with van der Waals surface area (Å²) in [6.45, 7) is 2.84. The molecule has 1 saturated carbocycles. The van der Waals surface area contributed by atoms with Gasteiger partial charge in [0, 0.05) is 12.5 Å². The summed E-state index contributed by atoms with van der Waals surface area (Å²) in [5, 5.41) is 12.2. The molecule has 1 aromatic carbocycles. The fraction of sp³-hybridized carbons (Fsp3) is 0.533. The first kappa shape index (κ1) is 12.9. The molecular weight excluding hydrogens is 226 g/mol. The average molecular weight is 247 g/mol. The van der Waals surface area contributed by atoms with Crippen LogP contribution in [0.1, 0.15) is 31.7 Å². The van der Waals surface area contributed by atoms with Crippen LogP contribution in [0.4, 0.5) is 0 Å². The number of phenols is 1. The van der Waals surface area contributed by atoms with Crippen LogP contribution in [0.15, 0.2) is 24.3 Å². The molecule has 1 aromatic rings. The summed E-state index contributed by atoms with van der Waals surface area (Å²) >= 11 is 0. The van der Waals surface area contributed by atoms with Gasteiger partial charge in [-0.05, 0) is 42.9 Å². The van der Waals surface area contributed by atoms with Crippen molar-refractivity contribution in [3.63, 3.8) is 0 Å². The third-order valence-corrected chi connectivity index (χ3v) is 3.85. The molecule has 0 radical (unpaired) electrons. The van der Waals surface area contributed by atoms with Gasteiger partial charge in [0.15, 0.2) is 0 Å². The Morgan fingerprint density at radius 1 is 1.33 bits per heavy atom. The van der Waals surface area contributed by atoms with Crippen LogP contribution in [0, 0.1) is 11.8 Å². The van der Waals surface area contributed by atoms with Gasteiger partial charge in [-0.25, -0.2) is 0 Å². The second-order valence-corrected chi connectivity index (χ2v) is 5.22. The zero-order valence-corrected chi connectivity index (χ0v) is 10.9. The minimum absolute atomic E-state index is 0.207. The van der Waals surface area contributed by atoms with Gasteiger partial charge in [0.2, 0.25) is 5.91 Å². The lowest BCUT2D eigenvalue weighted by Crippen LogP contribution is -2.33. The van der Waals surface area contributed by atoms with E-state index in [0.29, 0.717) is 12.5 Å². The van der Waals surface area contributed by atoms with E-state index in [4.69, 9.17) is 0 Å². The summed E-state index contributed by atoms with van der Waals surface area (Å²) in [7, 11) is 0. The van der Waals surface area contributed by atoms with Crippen LogP contribution < -0.4 is 5.32 Å². The van der Waals surface area contributed by atoms with Crippen LogP contribution in [0.25, 0.3) is 0 Å². The van der Waals surface area contributed by atoms with Gasteiger partial charge in [-0.1, -0.05) is 25.5 Å². The topological polar surface area (TPSA) is 49.3 Å². The summed E-state index contributed by atoms with van der Waals surface area (Å²) in [5.74, 6) is 1.23. The third kappa shape index (κ3) is 3.25. The maximum atomic E-state index is 11.9. The Bertz CT molecular complexity index is 399. The predicted molar refractivity (Wildman–Crippen MR) is 71.3 cm³/mol.